The Morgan fingerprint density at radius 2 is 2.14 bits per heavy atom. The van der Waals surface area contributed by atoms with Crippen LogP contribution in [-0.4, -0.2) is 16.2 Å². The van der Waals surface area contributed by atoms with E-state index in [1.54, 1.807) is 23.5 Å². The Labute approximate surface area is 139 Å². The van der Waals surface area contributed by atoms with E-state index in [2.05, 4.69) is 36.4 Å². The number of hydrazone groups is 1. The largest absolute Gasteiger partial charge is 0.261 e. The maximum Gasteiger partial charge on any atom is 0.158 e. The van der Waals surface area contributed by atoms with E-state index in [4.69, 9.17) is 0 Å². The Balaban J connectivity index is 1.89. The third-order valence-corrected chi connectivity index (χ3v) is 4.91. The van der Waals surface area contributed by atoms with Crippen LogP contribution in [0.4, 0.5) is 10.2 Å². The Morgan fingerprint density at radius 1 is 1.32 bits per heavy atom. The SMILES string of the molecule is Cc1sc2ncnc(N/N=C\c3ccc(Br)cc3F)c2c1C. The van der Waals surface area contributed by atoms with Gasteiger partial charge in [0.15, 0.2) is 5.82 Å². The van der Waals surface area contributed by atoms with Crippen molar-refractivity contribution in [2.75, 3.05) is 5.43 Å². The number of rotatable bonds is 3. The lowest BCUT2D eigenvalue weighted by molar-refractivity contribution is 0.625. The van der Waals surface area contributed by atoms with Crippen LogP contribution in [0.25, 0.3) is 10.2 Å². The van der Waals surface area contributed by atoms with Crippen LogP contribution in [0.3, 0.4) is 0 Å². The lowest BCUT2D eigenvalue weighted by atomic mass is 10.2. The molecule has 0 aliphatic rings. The summed E-state index contributed by atoms with van der Waals surface area (Å²) < 4.78 is 14.4. The minimum Gasteiger partial charge on any atom is -0.261 e. The van der Waals surface area contributed by atoms with E-state index in [9.17, 15) is 4.39 Å². The van der Waals surface area contributed by atoms with Crippen LogP contribution in [0.2, 0.25) is 0 Å². The molecule has 0 aliphatic carbocycles. The van der Waals surface area contributed by atoms with E-state index in [0.29, 0.717) is 15.9 Å². The van der Waals surface area contributed by atoms with Crippen LogP contribution in [0.15, 0.2) is 34.1 Å². The fourth-order valence-electron chi connectivity index (χ4n) is 2.04. The van der Waals surface area contributed by atoms with E-state index in [1.165, 1.54) is 23.5 Å². The third kappa shape index (κ3) is 2.86. The van der Waals surface area contributed by atoms with Gasteiger partial charge in [-0.15, -0.1) is 11.3 Å². The van der Waals surface area contributed by atoms with Gasteiger partial charge in [0.05, 0.1) is 11.6 Å². The fraction of sp³-hybridized carbons (Fsp3) is 0.133. The van der Waals surface area contributed by atoms with Crippen molar-refractivity contribution in [3.8, 4) is 0 Å². The molecule has 0 unspecified atom stereocenters. The molecule has 2 heterocycles. The average molecular weight is 379 g/mol. The molecule has 3 rings (SSSR count). The number of benzene rings is 1. The number of halogens is 2. The number of anilines is 1. The van der Waals surface area contributed by atoms with Crippen molar-refractivity contribution in [1.29, 1.82) is 0 Å². The van der Waals surface area contributed by atoms with Gasteiger partial charge >= 0.3 is 0 Å². The number of hydrogen-bond donors (Lipinski definition) is 1. The molecule has 0 atom stereocenters. The molecule has 0 aliphatic heterocycles. The zero-order valence-corrected chi connectivity index (χ0v) is 14.3. The van der Waals surface area contributed by atoms with Crippen LogP contribution in [-0.2, 0) is 0 Å². The summed E-state index contributed by atoms with van der Waals surface area (Å²) >= 11 is 4.84. The van der Waals surface area contributed by atoms with Crippen molar-refractivity contribution >= 4 is 49.5 Å². The van der Waals surface area contributed by atoms with Crippen molar-refractivity contribution in [2.24, 2.45) is 5.10 Å². The van der Waals surface area contributed by atoms with Crippen LogP contribution < -0.4 is 5.43 Å². The van der Waals surface area contributed by atoms with Gasteiger partial charge in [-0.2, -0.15) is 5.10 Å². The van der Waals surface area contributed by atoms with Gasteiger partial charge in [-0.05, 0) is 37.6 Å². The van der Waals surface area contributed by atoms with Gasteiger partial charge in [0.25, 0.3) is 0 Å². The summed E-state index contributed by atoms with van der Waals surface area (Å²) in [5, 5.41) is 5.04. The lowest BCUT2D eigenvalue weighted by Gasteiger charge is -2.02. The van der Waals surface area contributed by atoms with Gasteiger partial charge in [-0.25, -0.2) is 14.4 Å². The lowest BCUT2D eigenvalue weighted by Crippen LogP contribution is -1.96. The molecule has 0 spiro atoms. The highest BCUT2D eigenvalue weighted by molar-refractivity contribution is 9.10. The average Bonchev–Trinajstić information content (AvgIpc) is 2.77. The van der Waals surface area contributed by atoms with E-state index in [1.807, 2.05) is 13.8 Å². The summed E-state index contributed by atoms with van der Waals surface area (Å²) in [6.45, 7) is 4.08. The van der Waals surface area contributed by atoms with E-state index in [-0.39, 0.29) is 5.82 Å². The Morgan fingerprint density at radius 3 is 2.91 bits per heavy atom. The zero-order chi connectivity index (χ0) is 15.7. The molecule has 112 valence electrons. The highest BCUT2D eigenvalue weighted by atomic mass is 79.9. The first kappa shape index (κ1) is 15.1. The molecule has 7 heteroatoms. The standard InChI is InChI=1S/C15H12BrFN4S/c1-8-9(2)22-15-13(8)14(18-7-19-15)21-20-6-10-3-4-11(16)5-12(10)17/h3-7H,1-2H3,(H,18,19,21)/b20-6-. The quantitative estimate of drug-likeness (QED) is 0.532. The molecule has 22 heavy (non-hydrogen) atoms. The van der Waals surface area contributed by atoms with Crippen molar-refractivity contribution in [3.63, 3.8) is 0 Å². The van der Waals surface area contributed by atoms with Crippen LogP contribution in [0, 0.1) is 19.7 Å². The molecule has 4 nitrogen and oxygen atoms in total. The Hall–Kier alpha value is -1.86. The molecule has 0 saturated heterocycles. The van der Waals surface area contributed by atoms with Gasteiger partial charge in [-0.1, -0.05) is 15.9 Å². The third-order valence-electron chi connectivity index (χ3n) is 3.30. The summed E-state index contributed by atoms with van der Waals surface area (Å²) in [5.41, 5.74) is 4.41. The molecule has 0 bridgehead atoms. The minimum absolute atomic E-state index is 0.338. The van der Waals surface area contributed by atoms with E-state index in [0.717, 1.165) is 15.8 Å². The first-order valence-corrected chi connectivity index (χ1v) is 8.12. The second-order valence-corrected chi connectivity index (χ2v) is 6.84. The second kappa shape index (κ2) is 6.10. The van der Waals surface area contributed by atoms with E-state index < -0.39 is 0 Å². The predicted octanol–water partition coefficient (Wildman–Crippen LogP) is 4.66. The number of fused-ring (bicyclic) bond motifs is 1. The summed E-state index contributed by atoms with van der Waals surface area (Å²) in [7, 11) is 0. The number of hydrogen-bond acceptors (Lipinski definition) is 5. The molecule has 1 N–H and O–H groups in total. The summed E-state index contributed by atoms with van der Waals surface area (Å²) in [6, 6.07) is 4.82. The maximum atomic E-state index is 13.7. The molecule has 1 aromatic carbocycles. The fourth-order valence-corrected chi connectivity index (χ4v) is 3.37. The van der Waals surface area contributed by atoms with Crippen LogP contribution in [0.5, 0.6) is 0 Å². The summed E-state index contributed by atoms with van der Waals surface area (Å²) in [5.74, 6) is 0.288. The number of nitrogens with zero attached hydrogens (tertiary/aromatic N) is 3. The van der Waals surface area contributed by atoms with Gasteiger partial charge in [-0.3, -0.25) is 5.43 Å². The molecule has 2 aromatic heterocycles. The van der Waals surface area contributed by atoms with E-state index >= 15 is 0 Å². The topological polar surface area (TPSA) is 50.2 Å². The van der Waals surface area contributed by atoms with Gasteiger partial charge < -0.3 is 0 Å². The number of nitrogens with one attached hydrogen (secondary N) is 1. The van der Waals surface area contributed by atoms with Crippen molar-refractivity contribution in [2.45, 2.75) is 13.8 Å². The second-order valence-electron chi connectivity index (χ2n) is 4.72. The summed E-state index contributed by atoms with van der Waals surface area (Å²) in [4.78, 5) is 10.6. The highest BCUT2D eigenvalue weighted by Gasteiger charge is 2.11. The molecule has 0 saturated carbocycles. The van der Waals surface area contributed by atoms with Crippen molar-refractivity contribution in [1.82, 2.24) is 9.97 Å². The first-order valence-electron chi connectivity index (χ1n) is 6.51. The smallest absolute Gasteiger partial charge is 0.158 e. The maximum absolute atomic E-state index is 13.7. The molecular weight excluding hydrogens is 367 g/mol. The number of thiophene rings is 1. The molecule has 0 fully saturated rings. The van der Waals surface area contributed by atoms with Gasteiger partial charge in [0.2, 0.25) is 0 Å². The molecule has 0 amide bonds. The molecule has 0 radical (unpaired) electrons. The zero-order valence-electron chi connectivity index (χ0n) is 11.9. The number of aromatic nitrogens is 2. The first-order chi connectivity index (χ1) is 10.6. The van der Waals surface area contributed by atoms with Gasteiger partial charge in [0, 0.05) is 14.9 Å². The number of aryl methyl sites for hydroxylation is 2. The monoisotopic (exact) mass is 378 g/mol. The van der Waals surface area contributed by atoms with Crippen LogP contribution >= 0.6 is 27.3 Å². The molecule has 3 aromatic rings. The Kier molecular flexibility index (Phi) is 4.17. The normalized spacial score (nSPS) is 11.5. The molecular formula is C15H12BrFN4S. The predicted molar refractivity (Wildman–Crippen MR) is 92.2 cm³/mol. The van der Waals surface area contributed by atoms with Crippen LogP contribution in [0.1, 0.15) is 16.0 Å². The highest BCUT2D eigenvalue weighted by Crippen LogP contribution is 2.32. The van der Waals surface area contributed by atoms with Crippen molar-refractivity contribution < 1.29 is 4.39 Å². The summed E-state index contributed by atoms with van der Waals surface area (Å²) in [6.07, 6.45) is 2.93. The minimum atomic E-state index is -0.338. The Bertz CT molecular complexity index is 875. The van der Waals surface area contributed by atoms with Gasteiger partial charge in [0.1, 0.15) is 17.0 Å². The van der Waals surface area contributed by atoms with Crippen molar-refractivity contribution in [3.05, 3.63) is 50.8 Å².